The van der Waals surface area contributed by atoms with Crippen LogP contribution in [0, 0.1) is 5.92 Å². The van der Waals surface area contributed by atoms with Crippen LogP contribution < -0.4 is 5.14 Å². The number of piperidine rings is 1. The monoisotopic (exact) mass is 190 g/mol. The van der Waals surface area contributed by atoms with Crippen LogP contribution in [0.25, 0.3) is 0 Å². The minimum atomic E-state index is -1.09. The maximum Gasteiger partial charge on any atom is 0.0888 e. The standard InChI is InChI=1S/C8H18N2OS/c1-10-5-2-8(3-6-10)4-7-12(9)11/h8H,2-7,9H2,1H3. The van der Waals surface area contributed by atoms with Gasteiger partial charge in [-0.15, -0.1) is 0 Å². The molecule has 0 aliphatic carbocycles. The number of hydrogen-bond donors (Lipinski definition) is 1. The van der Waals surface area contributed by atoms with Crippen molar-refractivity contribution in [3.05, 3.63) is 0 Å². The normalized spacial score (nSPS) is 24.2. The van der Waals surface area contributed by atoms with E-state index in [1.807, 2.05) is 0 Å². The van der Waals surface area contributed by atoms with E-state index in [-0.39, 0.29) is 0 Å². The van der Waals surface area contributed by atoms with Gasteiger partial charge in [-0.25, -0.2) is 4.21 Å². The fourth-order valence-electron chi connectivity index (χ4n) is 1.63. The minimum Gasteiger partial charge on any atom is -0.306 e. The van der Waals surface area contributed by atoms with E-state index in [2.05, 4.69) is 11.9 Å². The predicted octanol–water partition coefficient (Wildman–Crippen LogP) is 0.341. The number of hydrogen-bond acceptors (Lipinski definition) is 2. The molecule has 1 fully saturated rings. The summed E-state index contributed by atoms with van der Waals surface area (Å²) >= 11 is 0. The lowest BCUT2D eigenvalue weighted by molar-refractivity contribution is 0.217. The zero-order chi connectivity index (χ0) is 8.97. The van der Waals surface area contributed by atoms with Gasteiger partial charge in [0.15, 0.2) is 0 Å². The molecule has 0 bridgehead atoms. The molecule has 3 nitrogen and oxygen atoms in total. The Morgan fingerprint density at radius 1 is 1.50 bits per heavy atom. The fourth-order valence-corrected chi connectivity index (χ4v) is 2.20. The van der Waals surface area contributed by atoms with Crippen molar-refractivity contribution in [2.24, 2.45) is 11.1 Å². The summed E-state index contributed by atoms with van der Waals surface area (Å²) in [5.74, 6) is 1.43. The van der Waals surface area contributed by atoms with Gasteiger partial charge in [-0.1, -0.05) is 0 Å². The van der Waals surface area contributed by atoms with Gasteiger partial charge in [-0.3, -0.25) is 5.14 Å². The molecule has 1 aliphatic rings. The zero-order valence-corrected chi connectivity index (χ0v) is 8.48. The molecule has 1 unspecified atom stereocenters. The highest BCUT2D eigenvalue weighted by Gasteiger charge is 2.16. The van der Waals surface area contributed by atoms with E-state index in [0.717, 1.165) is 12.3 Å². The van der Waals surface area contributed by atoms with Gasteiger partial charge in [0.1, 0.15) is 0 Å². The molecule has 1 atom stereocenters. The largest absolute Gasteiger partial charge is 0.306 e. The first kappa shape index (κ1) is 10.2. The van der Waals surface area contributed by atoms with Crippen molar-refractivity contribution in [3.8, 4) is 0 Å². The molecule has 12 heavy (non-hydrogen) atoms. The topological polar surface area (TPSA) is 46.3 Å². The summed E-state index contributed by atoms with van der Waals surface area (Å²) in [6, 6.07) is 0. The van der Waals surface area contributed by atoms with Gasteiger partial charge in [0.2, 0.25) is 0 Å². The van der Waals surface area contributed by atoms with Crippen molar-refractivity contribution in [2.45, 2.75) is 19.3 Å². The number of nitrogens with zero attached hydrogens (tertiary/aromatic N) is 1. The van der Waals surface area contributed by atoms with E-state index in [9.17, 15) is 4.21 Å². The number of nitrogens with two attached hydrogens (primary N) is 1. The van der Waals surface area contributed by atoms with Crippen molar-refractivity contribution in [1.29, 1.82) is 0 Å². The third-order valence-electron chi connectivity index (χ3n) is 2.57. The van der Waals surface area contributed by atoms with Gasteiger partial charge in [0, 0.05) is 5.75 Å². The molecule has 0 saturated carbocycles. The second-order valence-corrected chi connectivity index (χ2v) is 4.79. The first-order valence-corrected chi connectivity index (χ1v) is 5.88. The Labute approximate surface area is 76.9 Å². The Bertz CT molecular complexity index is 155. The summed E-state index contributed by atoms with van der Waals surface area (Å²) < 4.78 is 10.6. The van der Waals surface area contributed by atoms with Crippen LogP contribution in [0.15, 0.2) is 0 Å². The van der Waals surface area contributed by atoms with E-state index in [1.165, 1.54) is 25.9 Å². The van der Waals surface area contributed by atoms with Crippen LogP contribution in [0.5, 0.6) is 0 Å². The van der Waals surface area contributed by atoms with Crippen molar-refractivity contribution in [2.75, 3.05) is 25.9 Å². The molecule has 1 aliphatic heterocycles. The molecule has 0 radical (unpaired) electrons. The van der Waals surface area contributed by atoms with Crippen molar-refractivity contribution in [3.63, 3.8) is 0 Å². The smallest absolute Gasteiger partial charge is 0.0888 e. The lowest BCUT2D eigenvalue weighted by atomic mass is 9.95. The van der Waals surface area contributed by atoms with Crippen molar-refractivity contribution in [1.82, 2.24) is 4.90 Å². The van der Waals surface area contributed by atoms with E-state index in [1.54, 1.807) is 0 Å². The van der Waals surface area contributed by atoms with Crippen LogP contribution in [0.3, 0.4) is 0 Å². The van der Waals surface area contributed by atoms with Crippen LogP contribution in [-0.4, -0.2) is 35.0 Å². The summed E-state index contributed by atoms with van der Waals surface area (Å²) in [6.45, 7) is 2.36. The lowest BCUT2D eigenvalue weighted by Gasteiger charge is -2.28. The van der Waals surface area contributed by atoms with E-state index >= 15 is 0 Å². The average molecular weight is 190 g/mol. The Balaban J connectivity index is 2.13. The molecular weight excluding hydrogens is 172 g/mol. The minimum absolute atomic E-state index is 0.675. The highest BCUT2D eigenvalue weighted by atomic mass is 32.2. The van der Waals surface area contributed by atoms with Crippen LogP contribution in [0.4, 0.5) is 0 Å². The second-order valence-electron chi connectivity index (χ2n) is 3.62. The quantitative estimate of drug-likeness (QED) is 0.697. The van der Waals surface area contributed by atoms with Crippen LogP contribution in [-0.2, 0) is 11.0 Å². The van der Waals surface area contributed by atoms with Crippen molar-refractivity contribution >= 4 is 11.0 Å². The van der Waals surface area contributed by atoms with Gasteiger partial charge >= 0.3 is 0 Å². The predicted molar refractivity (Wildman–Crippen MR) is 52.0 cm³/mol. The second kappa shape index (κ2) is 4.94. The van der Waals surface area contributed by atoms with E-state index < -0.39 is 11.0 Å². The van der Waals surface area contributed by atoms with Gasteiger partial charge in [-0.05, 0) is 45.3 Å². The fraction of sp³-hybridized carbons (Fsp3) is 1.00. The molecule has 0 aromatic rings. The summed E-state index contributed by atoms with van der Waals surface area (Å²) in [6.07, 6.45) is 3.53. The highest BCUT2D eigenvalue weighted by Crippen LogP contribution is 2.19. The summed E-state index contributed by atoms with van der Waals surface area (Å²) in [7, 11) is 1.06. The van der Waals surface area contributed by atoms with E-state index in [4.69, 9.17) is 5.14 Å². The van der Waals surface area contributed by atoms with Gasteiger partial charge in [0.25, 0.3) is 0 Å². The SMILES string of the molecule is CN1CCC(CCS(N)=O)CC1. The van der Waals surface area contributed by atoms with Gasteiger partial charge in [0.05, 0.1) is 11.0 Å². The Kier molecular flexibility index (Phi) is 4.18. The number of likely N-dealkylation sites (tertiary alicyclic amines) is 1. The number of rotatable bonds is 3. The molecule has 1 saturated heterocycles. The summed E-state index contributed by atoms with van der Waals surface area (Å²) in [4.78, 5) is 2.34. The van der Waals surface area contributed by atoms with Crippen LogP contribution in [0.1, 0.15) is 19.3 Å². The first-order valence-electron chi connectivity index (χ1n) is 4.50. The summed E-state index contributed by atoms with van der Waals surface area (Å²) in [5, 5.41) is 5.20. The molecule has 0 amide bonds. The molecular formula is C8H18N2OS. The molecule has 4 heteroatoms. The third-order valence-corrected chi connectivity index (χ3v) is 3.20. The lowest BCUT2D eigenvalue weighted by Crippen LogP contribution is -2.30. The van der Waals surface area contributed by atoms with Crippen molar-refractivity contribution < 1.29 is 4.21 Å². The van der Waals surface area contributed by atoms with E-state index in [0.29, 0.717) is 5.75 Å². The summed E-state index contributed by atoms with van der Waals surface area (Å²) in [5.41, 5.74) is 0. The molecule has 72 valence electrons. The molecule has 0 aromatic carbocycles. The maximum absolute atomic E-state index is 10.6. The van der Waals surface area contributed by atoms with Crippen LogP contribution in [0.2, 0.25) is 0 Å². The Hall–Kier alpha value is 0.0700. The van der Waals surface area contributed by atoms with Gasteiger partial charge < -0.3 is 4.90 Å². The highest BCUT2D eigenvalue weighted by molar-refractivity contribution is 7.82. The maximum atomic E-state index is 10.6. The average Bonchev–Trinajstić information content (AvgIpc) is 2.03. The van der Waals surface area contributed by atoms with Crippen LogP contribution >= 0.6 is 0 Å². The van der Waals surface area contributed by atoms with Gasteiger partial charge in [-0.2, -0.15) is 0 Å². The molecule has 0 spiro atoms. The molecule has 1 heterocycles. The zero-order valence-electron chi connectivity index (χ0n) is 7.66. The molecule has 1 rings (SSSR count). The molecule has 0 aromatic heterocycles. The Morgan fingerprint density at radius 3 is 2.58 bits per heavy atom. The molecule has 2 N–H and O–H groups in total. The third kappa shape index (κ3) is 3.65. The Morgan fingerprint density at radius 2 is 2.08 bits per heavy atom. The first-order chi connectivity index (χ1) is 5.68.